The van der Waals surface area contributed by atoms with Gasteiger partial charge in [-0.05, 0) is 41.2 Å². The minimum absolute atomic E-state index is 0.106. The molecular formula is C19H25NS. The standard InChI is InChI=1S/C19H25NS/c1-14(20)16-7-11-18(12-8-16)21-13-15-5-9-17(10-6-15)19(2,3)4/h5-12,14H,13,20H2,1-4H3. The Labute approximate surface area is 133 Å². The summed E-state index contributed by atoms with van der Waals surface area (Å²) in [6.45, 7) is 8.75. The highest BCUT2D eigenvalue weighted by Crippen LogP contribution is 2.26. The maximum atomic E-state index is 5.87. The molecule has 112 valence electrons. The van der Waals surface area contributed by atoms with Gasteiger partial charge in [-0.2, -0.15) is 0 Å². The van der Waals surface area contributed by atoms with E-state index in [1.807, 2.05) is 18.7 Å². The molecule has 0 spiro atoms. The minimum Gasteiger partial charge on any atom is -0.324 e. The first-order valence-electron chi connectivity index (χ1n) is 7.44. The van der Waals surface area contributed by atoms with Crippen LogP contribution in [-0.4, -0.2) is 0 Å². The SMILES string of the molecule is CC(N)c1ccc(SCc2ccc(C(C)(C)C)cc2)cc1. The number of hydrogen-bond donors (Lipinski definition) is 1. The largest absolute Gasteiger partial charge is 0.324 e. The molecule has 0 saturated carbocycles. The van der Waals surface area contributed by atoms with E-state index < -0.39 is 0 Å². The average Bonchev–Trinajstić information content (AvgIpc) is 2.45. The zero-order chi connectivity index (χ0) is 15.5. The van der Waals surface area contributed by atoms with E-state index >= 15 is 0 Å². The Hall–Kier alpha value is -1.25. The van der Waals surface area contributed by atoms with Gasteiger partial charge in [-0.15, -0.1) is 11.8 Å². The quantitative estimate of drug-likeness (QED) is 0.776. The van der Waals surface area contributed by atoms with E-state index in [4.69, 9.17) is 5.73 Å². The topological polar surface area (TPSA) is 26.0 Å². The Balaban J connectivity index is 1.96. The van der Waals surface area contributed by atoms with Gasteiger partial charge in [0.15, 0.2) is 0 Å². The summed E-state index contributed by atoms with van der Waals surface area (Å²) >= 11 is 1.87. The van der Waals surface area contributed by atoms with Crippen molar-refractivity contribution in [3.05, 3.63) is 65.2 Å². The lowest BCUT2D eigenvalue weighted by atomic mass is 9.87. The lowest BCUT2D eigenvalue weighted by Gasteiger charge is -2.19. The molecule has 2 heteroatoms. The fraction of sp³-hybridized carbons (Fsp3) is 0.368. The molecule has 0 aliphatic heterocycles. The van der Waals surface area contributed by atoms with E-state index in [2.05, 4.69) is 69.3 Å². The summed E-state index contributed by atoms with van der Waals surface area (Å²) in [6.07, 6.45) is 0. The summed E-state index contributed by atoms with van der Waals surface area (Å²) in [7, 11) is 0. The van der Waals surface area contributed by atoms with Crippen LogP contribution in [0.15, 0.2) is 53.4 Å². The lowest BCUT2D eigenvalue weighted by Crippen LogP contribution is -2.10. The molecule has 0 heterocycles. The Kier molecular flexibility index (Phi) is 5.13. The number of benzene rings is 2. The second-order valence-electron chi connectivity index (χ2n) is 6.59. The van der Waals surface area contributed by atoms with Crippen molar-refractivity contribution in [2.75, 3.05) is 0 Å². The molecule has 2 aromatic carbocycles. The molecule has 0 aromatic heterocycles. The Morgan fingerprint density at radius 1 is 0.952 bits per heavy atom. The molecule has 1 unspecified atom stereocenters. The van der Waals surface area contributed by atoms with Crippen LogP contribution in [0.4, 0.5) is 0 Å². The van der Waals surface area contributed by atoms with Gasteiger partial charge in [-0.1, -0.05) is 57.2 Å². The lowest BCUT2D eigenvalue weighted by molar-refractivity contribution is 0.590. The molecule has 0 fully saturated rings. The van der Waals surface area contributed by atoms with Crippen LogP contribution in [0.5, 0.6) is 0 Å². The van der Waals surface area contributed by atoms with Gasteiger partial charge in [-0.25, -0.2) is 0 Å². The van der Waals surface area contributed by atoms with Crippen molar-refractivity contribution in [1.29, 1.82) is 0 Å². The molecule has 2 N–H and O–H groups in total. The van der Waals surface area contributed by atoms with Crippen LogP contribution in [0.1, 0.15) is 50.4 Å². The van der Waals surface area contributed by atoms with Gasteiger partial charge < -0.3 is 5.73 Å². The number of thioether (sulfide) groups is 1. The van der Waals surface area contributed by atoms with Crippen LogP contribution < -0.4 is 5.73 Å². The van der Waals surface area contributed by atoms with E-state index in [1.54, 1.807) is 0 Å². The van der Waals surface area contributed by atoms with Gasteiger partial charge in [0.2, 0.25) is 0 Å². The van der Waals surface area contributed by atoms with E-state index in [9.17, 15) is 0 Å². The summed E-state index contributed by atoms with van der Waals surface area (Å²) in [5.41, 5.74) is 10.0. The fourth-order valence-electron chi connectivity index (χ4n) is 2.14. The van der Waals surface area contributed by atoms with Crippen molar-refractivity contribution in [2.45, 2.75) is 49.8 Å². The normalized spacial score (nSPS) is 13.2. The molecule has 0 radical (unpaired) electrons. The average molecular weight is 299 g/mol. The first-order valence-corrected chi connectivity index (χ1v) is 8.42. The second kappa shape index (κ2) is 6.67. The monoisotopic (exact) mass is 299 g/mol. The number of nitrogens with two attached hydrogens (primary N) is 1. The Morgan fingerprint density at radius 2 is 1.52 bits per heavy atom. The maximum absolute atomic E-state index is 5.87. The second-order valence-corrected chi connectivity index (χ2v) is 7.64. The zero-order valence-electron chi connectivity index (χ0n) is 13.4. The van der Waals surface area contributed by atoms with Crippen LogP contribution >= 0.6 is 11.8 Å². The highest BCUT2D eigenvalue weighted by Gasteiger charge is 2.12. The number of hydrogen-bond acceptors (Lipinski definition) is 2. The molecule has 0 saturated heterocycles. The van der Waals surface area contributed by atoms with E-state index in [0.717, 1.165) is 5.75 Å². The Morgan fingerprint density at radius 3 is 2.00 bits per heavy atom. The molecule has 2 rings (SSSR count). The van der Waals surface area contributed by atoms with Crippen LogP contribution in [-0.2, 0) is 11.2 Å². The van der Waals surface area contributed by atoms with Gasteiger partial charge >= 0.3 is 0 Å². The fourth-order valence-corrected chi connectivity index (χ4v) is 2.99. The van der Waals surface area contributed by atoms with E-state index in [0.29, 0.717) is 0 Å². The molecular weight excluding hydrogens is 274 g/mol. The van der Waals surface area contributed by atoms with Gasteiger partial charge in [0, 0.05) is 16.7 Å². The van der Waals surface area contributed by atoms with Crippen LogP contribution in [0, 0.1) is 0 Å². The van der Waals surface area contributed by atoms with Crippen molar-refractivity contribution in [3.63, 3.8) is 0 Å². The summed E-state index contributed by atoms with van der Waals surface area (Å²) in [5, 5.41) is 0. The Bertz CT molecular complexity index is 562. The smallest absolute Gasteiger partial charge is 0.0266 e. The molecule has 1 atom stereocenters. The van der Waals surface area contributed by atoms with Gasteiger partial charge in [0.25, 0.3) is 0 Å². The summed E-state index contributed by atoms with van der Waals surface area (Å²) in [6, 6.07) is 17.6. The van der Waals surface area contributed by atoms with Crippen molar-refractivity contribution in [1.82, 2.24) is 0 Å². The first kappa shape index (κ1) is 16.1. The number of rotatable bonds is 4. The van der Waals surface area contributed by atoms with Crippen molar-refractivity contribution < 1.29 is 0 Å². The summed E-state index contributed by atoms with van der Waals surface area (Å²) in [4.78, 5) is 1.29. The highest BCUT2D eigenvalue weighted by atomic mass is 32.2. The predicted octanol–water partition coefficient (Wildman–Crippen LogP) is 5.30. The third kappa shape index (κ3) is 4.62. The van der Waals surface area contributed by atoms with E-state index in [-0.39, 0.29) is 11.5 Å². The van der Waals surface area contributed by atoms with Crippen molar-refractivity contribution >= 4 is 11.8 Å². The molecule has 2 aromatic rings. The van der Waals surface area contributed by atoms with Gasteiger partial charge in [0.1, 0.15) is 0 Å². The van der Waals surface area contributed by atoms with Crippen molar-refractivity contribution in [2.24, 2.45) is 5.73 Å². The third-order valence-corrected chi connectivity index (χ3v) is 4.71. The van der Waals surface area contributed by atoms with Gasteiger partial charge in [0.05, 0.1) is 0 Å². The van der Waals surface area contributed by atoms with Crippen LogP contribution in [0.2, 0.25) is 0 Å². The molecule has 0 bridgehead atoms. The van der Waals surface area contributed by atoms with E-state index in [1.165, 1.54) is 21.6 Å². The highest BCUT2D eigenvalue weighted by molar-refractivity contribution is 7.98. The predicted molar refractivity (Wildman–Crippen MR) is 93.7 cm³/mol. The third-order valence-electron chi connectivity index (χ3n) is 3.63. The molecule has 1 nitrogen and oxygen atoms in total. The molecule has 0 aliphatic rings. The summed E-state index contributed by atoms with van der Waals surface area (Å²) < 4.78 is 0. The minimum atomic E-state index is 0.106. The molecule has 0 aliphatic carbocycles. The van der Waals surface area contributed by atoms with Crippen LogP contribution in [0.3, 0.4) is 0 Å². The first-order chi connectivity index (χ1) is 9.86. The van der Waals surface area contributed by atoms with Gasteiger partial charge in [-0.3, -0.25) is 0 Å². The maximum Gasteiger partial charge on any atom is 0.0266 e. The summed E-state index contributed by atoms with van der Waals surface area (Å²) in [5.74, 6) is 1.00. The molecule has 0 amide bonds. The molecule has 21 heavy (non-hydrogen) atoms. The van der Waals surface area contributed by atoms with Crippen molar-refractivity contribution in [3.8, 4) is 0 Å². The zero-order valence-corrected chi connectivity index (χ0v) is 14.2. The van der Waals surface area contributed by atoms with Crippen LogP contribution in [0.25, 0.3) is 0 Å².